The zero-order valence-corrected chi connectivity index (χ0v) is 29.4. The number of carbonyl (C=O) groups excluding carboxylic acids is 2. The molecule has 6 aliphatic rings. The highest BCUT2D eigenvalue weighted by atomic mass is 16.2. The van der Waals surface area contributed by atoms with Crippen molar-refractivity contribution < 1.29 is 9.59 Å². The Hall–Kier alpha value is -3.55. The van der Waals surface area contributed by atoms with Crippen LogP contribution in [0.1, 0.15) is 157 Å². The van der Waals surface area contributed by atoms with Gasteiger partial charge in [0.2, 0.25) is 0 Å². The molecule has 0 unspecified atom stereocenters. The first-order chi connectivity index (χ1) is 24.6. The van der Waals surface area contributed by atoms with Gasteiger partial charge in [-0.2, -0.15) is 0 Å². The monoisotopic (exact) mass is 671 g/mol. The summed E-state index contributed by atoms with van der Waals surface area (Å²) in [6.45, 7) is 2.35. The van der Waals surface area contributed by atoms with Crippen molar-refractivity contribution in [3.8, 4) is 0 Å². The number of pyridine rings is 1. The van der Waals surface area contributed by atoms with E-state index in [4.69, 9.17) is 0 Å². The van der Waals surface area contributed by atoms with Crippen molar-refractivity contribution in [3.63, 3.8) is 0 Å². The van der Waals surface area contributed by atoms with Gasteiger partial charge >= 0.3 is 0 Å². The molecule has 0 radical (unpaired) electrons. The number of nitrogens with one attached hydrogen (secondary N) is 2. The standard InChI is InChI=1S/C43H53N5O2/c49-42(45-30-15-11-28(12-16-30)23-26-47-37-19-20-38(47)33-7-2-1-6-32(33)37)36-10-5-25-44-41(36)43(50)46-31-17-13-29(14-18-31)24-27-48-39-21-22-40(48)35-9-4-3-8-34(35)39/h1-10,25,28-31,37-40H,11-24,26-27H2,(H,45,49)(H,46,50)/t28?,29?,30?,31?,37-,38+,39-,40+. The lowest BCUT2D eigenvalue weighted by atomic mass is 9.83. The predicted molar refractivity (Wildman–Crippen MR) is 196 cm³/mol. The molecule has 2 amide bonds. The van der Waals surface area contributed by atoms with Crippen molar-refractivity contribution in [2.75, 3.05) is 13.1 Å². The highest BCUT2D eigenvalue weighted by Crippen LogP contribution is 2.54. The zero-order valence-electron chi connectivity index (χ0n) is 29.4. The van der Waals surface area contributed by atoms with E-state index in [-0.39, 0.29) is 29.6 Å². The molecule has 4 fully saturated rings. The average Bonchev–Trinajstić information content (AvgIpc) is 3.92. The molecule has 4 bridgehead atoms. The molecule has 2 aromatic carbocycles. The van der Waals surface area contributed by atoms with Crippen LogP contribution in [-0.4, -0.2) is 51.8 Å². The highest BCUT2D eigenvalue weighted by molar-refractivity contribution is 6.06. The van der Waals surface area contributed by atoms with Crippen LogP contribution < -0.4 is 10.6 Å². The Balaban J connectivity index is 0.717. The van der Waals surface area contributed by atoms with Gasteiger partial charge in [-0.1, -0.05) is 48.5 Å². The van der Waals surface area contributed by atoms with Gasteiger partial charge < -0.3 is 10.6 Å². The van der Waals surface area contributed by atoms with Crippen molar-refractivity contribution >= 4 is 11.8 Å². The molecule has 5 heterocycles. The summed E-state index contributed by atoms with van der Waals surface area (Å²) < 4.78 is 0. The number of nitrogens with zero attached hydrogens (tertiary/aromatic N) is 3. The molecule has 4 atom stereocenters. The lowest BCUT2D eigenvalue weighted by Gasteiger charge is -2.31. The van der Waals surface area contributed by atoms with E-state index < -0.39 is 0 Å². The fourth-order valence-corrected chi connectivity index (χ4v) is 11.1. The molecule has 4 aliphatic heterocycles. The summed E-state index contributed by atoms with van der Waals surface area (Å²) in [6, 6.07) is 24.4. The van der Waals surface area contributed by atoms with Crippen LogP contribution in [0, 0.1) is 11.8 Å². The molecular weight excluding hydrogens is 619 g/mol. The van der Waals surface area contributed by atoms with Crippen molar-refractivity contribution in [3.05, 3.63) is 100 Å². The van der Waals surface area contributed by atoms with E-state index in [0.717, 1.165) is 51.4 Å². The molecule has 7 nitrogen and oxygen atoms in total. The van der Waals surface area contributed by atoms with Crippen molar-refractivity contribution in [1.82, 2.24) is 25.4 Å². The van der Waals surface area contributed by atoms with Crippen molar-refractivity contribution in [2.24, 2.45) is 11.8 Å². The smallest absolute Gasteiger partial charge is 0.270 e. The zero-order chi connectivity index (χ0) is 33.6. The van der Waals surface area contributed by atoms with E-state index in [2.05, 4.69) is 73.9 Å². The van der Waals surface area contributed by atoms with E-state index in [1.807, 2.05) is 0 Å². The second-order valence-corrected chi connectivity index (χ2v) is 16.3. The van der Waals surface area contributed by atoms with Gasteiger partial charge in [0.05, 0.1) is 5.56 Å². The van der Waals surface area contributed by atoms with E-state index in [1.54, 1.807) is 40.6 Å². The fourth-order valence-electron chi connectivity index (χ4n) is 11.1. The summed E-state index contributed by atoms with van der Waals surface area (Å²) in [5.74, 6) is 1.05. The van der Waals surface area contributed by atoms with Gasteiger partial charge in [0.1, 0.15) is 5.69 Å². The summed E-state index contributed by atoms with van der Waals surface area (Å²) in [5, 5.41) is 6.53. The number of hydrogen-bond donors (Lipinski definition) is 2. The number of benzene rings is 2. The minimum absolute atomic E-state index is 0.143. The number of carbonyl (C=O) groups is 2. The molecule has 50 heavy (non-hydrogen) atoms. The Morgan fingerprint density at radius 1 is 0.540 bits per heavy atom. The molecule has 3 aromatic rings. The second-order valence-electron chi connectivity index (χ2n) is 16.3. The van der Waals surface area contributed by atoms with Crippen LogP contribution >= 0.6 is 0 Å². The molecule has 9 rings (SSSR count). The maximum atomic E-state index is 13.5. The Morgan fingerprint density at radius 2 is 0.960 bits per heavy atom. The molecule has 2 N–H and O–H groups in total. The lowest BCUT2D eigenvalue weighted by Crippen LogP contribution is -2.41. The van der Waals surface area contributed by atoms with Crippen LogP contribution in [0.3, 0.4) is 0 Å². The van der Waals surface area contributed by atoms with Gasteiger partial charge in [-0.25, -0.2) is 0 Å². The maximum Gasteiger partial charge on any atom is 0.270 e. The van der Waals surface area contributed by atoms with E-state index in [1.165, 1.54) is 51.6 Å². The first-order valence-corrected chi connectivity index (χ1v) is 19.9. The normalized spacial score (nSPS) is 31.4. The Bertz CT molecular complexity index is 1520. The van der Waals surface area contributed by atoms with E-state index in [0.29, 0.717) is 41.6 Å². The SMILES string of the molecule is O=C(NC1CCC(CCN2[C@@H]3CC[C@H]2c2ccccc23)CC1)c1cccnc1C(=O)NC1CCC(CCN2[C@@H]3CC[C@H]2c2ccccc23)CC1. The first kappa shape index (κ1) is 32.4. The van der Waals surface area contributed by atoms with Gasteiger partial charge in [0.25, 0.3) is 11.8 Å². The number of aromatic nitrogens is 1. The van der Waals surface area contributed by atoms with Crippen LogP contribution in [0.5, 0.6) is 0 Å². The summed E-state index contributed by atoms with van der Waals surface area (Å²) in [5.41, 5.74) is 6.90. The molecule has 262 valence electrons. The quantitative estimate of drug-likeness (QED) is 0.227. The molecule has 2 saturated heterocycles. The molecule has 1 aromatic heterocycles. The lowest BCUT2D eigenvalue weighted by molar-refractivity contribution is 0.0880. The largest absolute Gasteiger partial charge is 0.349 e. The summed E-state index contributed by atoms with van der Waals surface area (Å²) in [7, 11) is 0. The van der Waals surface area contributed by atoms with Crippen LogP contribution in [0.25, 0.3) is 0 Å². The molecule has 0 spiro atoms. The number of amides is 2. The van der Waals surface area contributed by atoms with Gasteiger partial charge in [-0.3, -0.25) is 24.4 Å². The Morgan fingerprint density at radius 3 is 1.40 bits per heavy atom. The average molecular weight is 672 g/mol. The summed E-state index contributed by atoms with van der Waals surface area (Å²) >= 11 is 0. The topological polar surface area (TPSA) is 77.6 Å². The third-order valence-corrected chi connectivity index (χ3v) is 13.7. The van der Waals surface area contributed by atoms with Crippen LogP contribution in [0.2, 0.25) is 0 Å². The molecule has 7 heteroatoms. The maximum absolute atomic E-state index is 13.5. The van der Waals surface area contributed by atoms with Crippen molar-refractivity contribution in [2.45, 2.75) is 126 Å². The minimum Gasteiger partial charge on any atom is -0.349 e. The second kappa shape index (κ2) is 13.9. The fraction of sp³-hybridized carbons (Fsp3) is 0.558. The molecule has 2 saturated carbocycles. The van der Waals surface area contributed by atoms with Crippen LogP contribution in [0.4, 0.5) is 0 Å². The van der Waals surface area contributed by atoms with E-state index >= 15 is 0 Å². The third-order valence-electron chi connectivity index (χ3n) is 13.7. The molecule has 2 aliphatic carbocycles. The van der Waals surface area contributed by atoms with Gasteiger partial charge in [0.15, 0.2) is 0 Å². The van der Waals surface area contributed by atoms with Gasteiger partial charge in [-0.05, 0) is 149 Å². The first-order valence-electron chi connectivity index (χ1n) is 19.9. The predicted octanol–water partition coefficient (Wildman–Crippen LogP) is 8.22. The summed E-state index contributed by atoms with van der Waals surface area (Å²) in [4.78, 5) is 36.9. The molecular formula is C43H53N5O2. The number of rotatable bonds is 10. The van der Waals surface area contributed by atoms with Crippen molar-refractivity contribution in [1.29, 1.82) is 0 Å². The summed E-state index contributed by atoms with van der Waals surface area (Å²) in [6.07, 6.45) is 17.9. The number of hydrogen-bond acceptors (Lipinski definition) is 5. The van der Waals surface area contributed by atoms with Gasteiger partial charge in [0, 0.05) is 42.4 Å². The van der Waals surface area contributed by atoms with Crippen LogP contribution in [0.15, 0.2) is 66.9 Å². The van der Waals surface area contributed by atoms with Gasteiger partial charge in [-0.15, -0.1) is 0 Å². The Labute approximate surface area is 297 Å². The third kappa shape index (κ3) is 6.08. The highest BCUT2D eigenvalue weighted by Gasteiger charge is 2.44. The Kier molecular flexibility index (Phi) is 8.98. The minimum atomic E-state index is -0.215. The van der Waals surface area contributed by atoms with Crippen LogP contribution in [-0.2, 0) is 0 Å². The van der Waals surface area contributed by atoms with E-state index in [9.17, 15) is 9.59 Å². The number of fused-ring (bicyclic) bond motifs is 10.